The molecule has 0 amide bonds. The summed E-state index contributed by atoms with van der Waals surface area (Å²) in [6.07, 6.45) is 2.00. The van der Waals surface area contributed by atoms with E-state index in [0.29, 0.717) is 11.3 Å². The Morgan fingerprint density at radius 1 is 1.04 bits per heavy atom. The van der Waals surface area contributed by atoms with Crippen molar-refractivity contribution in [3.63, 3.8) is 0 Å². The third-order valence-electron chi connectivity index (χ3n) is 3.98. The zero-order chi connectivity index (χ0) is 20.6. The zero-order valence-corrected chi connectivity index (χ0v) is 18.2. The molecule has 0 fully saturated rings. The summed E-state index contributed by atoms with van der Waals surface area (Å²) < 4.78 is 29.4. The molecule has 2 rings (SSSR count). The minimum absolute atomic E-state index is 0.264. The van der Waals surface area contributed by atoms with Gasteiger partial charge in [-0.15, -0.1) is 11.8 Å². The summed E-state index contributed by atoms with van der Waals surface area (Å²) in [6.45, 7) is 4.09. The largest absolute Gasteiger partial charge is 0.465 e. The SMILES string of the molecule is CCOP(=O)(OCC)C(Nc1ccc(C(=O)OC)cc1)c1ccc(SC)cc1. The first kappa shape index (κ1) is 22.5. The molecule has 0 heterocycles. The molecule has 0 bridgehead atoms. The van der Waals surface area contributed by atoms with E-state index in [1.54, 1.807) is 49.9 Å². The van der Waals surface area contributed by atoms with Crippen molar-refractivity contribution in [3.8, 4) is 0 Å². The zero-order valence-electron chi connectivity index (χ0n) is 16.5. The Morgan fingerprint density at radius 2 is 1.61 bits per heavy atom. The van der Waals surface area contributed by atoms with Crippen LogP contribution in [0.5, 0.6) is 0 Å². The number of hydrogen-bond donors (Lipinski definition) is 1. The summed E-state index contributed by atoms with van der Waals surface area (Å²) in [7, 11) is -2.15. The second-order valence-corrected chi connectivity index (χ2v) is 8.76. The smallest absolute Gasteiger partial charge is 0.357 e. The van der Waals surface area contributed by atoms with Gasteiger partial charge in [0.1, 0.15) is 0 Å². The van der Waals surface area contributed by atoms with Crippen LogP contribution in [0.2, 0.25) is 0 Å². The van der Waals surface area contributed by atoms with E-state index < -0.39 is 19.3 Å². The molecule has 2 aromatic carbocycles. The van der Waals surface area contributed by atoms with Gasteiger partial charge in [0.25, 0.3) is 0 Å². The first-order valence-electron chi connectivity index (χ1n) is 8.95. The van der Waals surface area contributed by atoms with Crippen LogP contribution in [0.25, 0.3) is 0 Å². The number of carbonyl (C=O) groups excluding carboxylic acids is 1. The molecule has 1 atom stereocenters. The van der Waals surface area contributed by atoms with E-state index in [-0.39, 0.29) is 13.2 Å². The highest BCUT2D eigenvalue weighted by Crippen LogP contribution is 2.60. The average molecular weight is 423 g/mol. The van der Waals surface area contributed by atoms with E-state index in [1.165, 1.54) is 7.11 Å². The van der Waals surface area contributed by atoms with Crippen LogP contribution in [0.3, 0.4) is 0 Å². The van der Waals surface area contributed by atoms with Crippen molar-refractivity contribution in [3.05, 3.63) is 59.7 Å². The molecular weight excluding hydrogens is 397 g/mol. The highest BCUT2D eigenvalue weighted by molar-refractivity contribution is 7.98. The molecule has 1 unspecified atom stereocenters. The van der Waals surface area contributed by atoms with Crippen molar-refractivity contribution in [1.29, 1.82) is 0 Å². The number of methoxy groups -OCH3 is 1. The number of anilines is 1. The Balaban J connectivity index is 2.39. The van der Waals surface area contributed by atoms with Crippen molar-refractivity contribution < 1.29 is 23.1 Å². The fourth-order valence-corrected chi connectivity index (χ4v) is 5.00. The normalized spacial score (nSPS) is 12.4. The molecule has 2 aromatic rings. The highest BCUT2D eigenvalue weighted by Gasteiger charge is 2.37. The summed E-state index contributed by atoms with van der Waals surface area (Å²) >= 11 is 1.63. The maximum Gasteiger partial charge on any atom is 0.357 e. The summed E-state index contributed by atoms with van der Waals surface area (Å²) in [6, 6.07) is 14.5. The first-order chi connectivity index (χ1) is 13.5. The molecule has 0 aromatic heterocycles. The van der Waals surface area contributed by atoms with Gasteiger partial charge in [0.15, 0.2) is 5.78 Å². The molecule has 0 radical (unpaired) electrons. The molecule has 152 valence electrons. The van der Waals surface area contributed by atoms with E-state index in [0.717, 1.165) is 10.5 Å². The van der Waals surface area contributed by atoms with Crippen molar-refractivity contribution in [2.75, 3.05) is 31.9 Å². The van der Waals surface area contributed by atoms with Crippen LogP contribution in [0.15, 0.2) is 53.4 Å². The van der Waals surface area contributed by atoms with Crippen molar-refractivity contribution in [2.24, 2.45) is 0 Å². The fourth-order valence-electron chi connectivity index (χ4n) is 2.66. The highest BCUT2D eigenvalue weighted by atomic mass is 32.2. The first-order valence-corrected chi connectivity index (χ1v) is 11.8. The van der Waals surface area contributed by atoms with Gasteiger partial charge in [-0.3, -0.25) is 4.57 Å². The van der Waals surface area contributed by atoms with Crippen LogP contribution < -0.4 is 5.32 Å². The van der Waals surface area contributed by atoms with Gasteiger partial charge in [-0.05, 0) is 62.1 Å². The van der Waals surface area contributed by atoms with Crippen molar-refractivity contribution in [1.82, 2.24) is 0 Å². The lowest BCUT2D eigenvalue weighted by atomic mass is 10.2. The molecule has 0 aliphatic carbocycles. The topological polar surface area (TPSA) is 73.9 Å². The third-order valence-corrected chi connectivity index (χ3v) is 7.01. The van der Waals surface area contributed by atoms with Crippen LogP contribution in [-0.2, 0) is 18.3 Å². The number of nitrogens with one attached hydrogen (secondary N) is 1. The fraction of sp³-hybridized carbons (Fsp3) is 0.350. The van der Waals surface area contributed by atoms with E-state index in [9.17, 15) is 9.36 Å². The second-order valence-electron chi connectivity index (χ2n) is 5.76. The molecule has 1 N–H and O–H groups in total. The Bertz CT molecular complexity index is 800. The van der Waals surface area contributed by atoms with Crippen molar-refractivity contribution in [2.45, 2.75) is 24.5 Å². The standard InChI is InChI=1S/C20H26NO5PS/c1-5-25-27(23,26-6-2)19(15-9-13-18(28-4)14-10-15)21-17-11-7-16(8-12-17)20(22)24-3/h7-14,19,21H,5-6H2,1-4H3. The quantitative estimate of drug-likeness (QED) is 0.304. The molecule has 0 aliphatic rings. The number of benzene rings is 2. The van der Waals surface area contributed by atoms with Gasteiger partial charge < -0.3 is 19.1 Å². The van der Waals surface area contributed by atoms with Gasteiger partial charge >= 0.3 is 13.6 Å². The predicted molar refractivity (Wildman–Crippen MR) is 113 cm³/mol. The summed E-state index contributed by atoms with van der Waals surface area (Å²) in [5, 5.41) is 3.26. The molecule has 8 heteroatoms. The van der Waals surface area contributed by atoms with E-state index >= 15 is 0 Å². The lowest BCUT2D eigenvalue weighted by Gasteiger charge is -2.28. The Kier molecular flexibility index (Phi) is 8.58. The summed E-state index contributed by atoms with van der Waals surface area (Å²) in [4.78, 5) is 12.7. The van der Waals surface area contributed by atoms with Gasteiger partial charge in [-0.2, -0.15) is 0 Å². The number of ether oxygens (including phenoxy) is 1. The van der Waals surface area contributed by atoms with E-state index in [1.807, 2.05) is 30.5 Å². The lowest BCUT2D eigenvalue weighted by Crippen LogP contribution is -2.15. The molecule has 0 aliphatic heterocycles. The van der Waals surface area contributed by atoms with E-state index in [2.05, 4.69) is 5.32 Å². The predicted octanol–water partition coefficient (Wildman–Crippen LogP) is 5.57. The number of hydrogen-bond acceptors (Lipinski definition) is 7. The molecule has 0 saturated carbocycles. The Morgan fingerprint density at radius 3 is 2.07 bits per heavy atom. The van der Waals surface area contributed by atoms with Crippen LogP contribution in [0.1, 0.15) is 35.6 Å². The molecule has 0 spiro atoms. The molecule has 28 heavy (non-hydrogen) atoms. The van der Waals surface area contributed by atoms with Crippen molar-refractivity contribution >= 4 is 31.0 Å². The van der Waals surface area contributed by atoms with Gasteiger partial charge in [0.2, 0.25) is 0 Å². The van der Waals surface area contributed by atoms with Crippen LogP contribution >= 0.6 is 19.4 Å². The number of thioether (sulfide) groups is 1. The third kappa shape index (κ3) is 5.61. The second kappa shape index (κ2) is 10.7. The van der Waals surface area contributed by atoms with Crippen LogP contribution in [-0.4, -0.2) is 32.5 Å². The van der Waals surface area contributed by atoms with Gasteiger partial charge in [0.05, 0.1) is 25.9 Å². The summed E-state index contributed by atoms with van der Waals surface area (Å²) in [5.74, 6) is -1.10. The maximum atomic E-state index is 13.5. The van der Waals surface area contributed by atoms with Crippen LogP contribution in [0.4, 0.5) is 5.69 Å². The van der Waals surface area contributed by atoms with Crippen LogP contribution in [0, 0.1) is 0 Å². The van der Waals surface area contributed by atoms with Gasteiger partial charge in [-0.25, -0.2) is 4.79 Å². The maximum absolute atomic E-state index is 13.5. The number of carbonyl (C=O) groups is 1. The molecule has 6 nitrogen and oxygen atoms in total. The minimum Gasteiger partial charge on any atom is -0.465 e. The lowest BCUT2D eigenvalue weighted by molar-refractivity contribution is 0.0600. The van der Waals surface area contributed by atoms with E-state index in [4.69, 9.17) is 13.8 Å². The van der Waals surface area contributed by atoms with Gasteiger partial charge in [-0.1, -0.05) is 12.1 Å². The summed E-state index contributed by atoms with van der Waals surface area (Å²) in [5.41, 5.74) is 1.91. The minimum atomic E-state index is -3.49. The monoisotopic (exact) mass is 423 g/mol. The molecular formula is C20H26NO5PS. The number of rotatable bonds is 10. The number of esters is 1. The Labute approximate surface area is 170 Å². The average Bonchev–Trinajstić information content (AvgIpc) is 2.72. The Hall–Kier alpha value is -1.79. The van der Waals surface area contributed by atoms with Gasteiger partial charge in [0, 0.05) is 10.6 Å². The molecule has 0 saturated heterocycles.